The van der Waals surface area contributed by atoms with Gasteiger partial charge in [0, 0.05) is 21.7 Å². The van der Waals surface area contributed by atoms with Gasteiger partial charge in [0.1, 0.15) is 0 Å². The van der Waals surface area contributed by atoms with E-state index in [1.165, 1.54) is 51.4 Å². The predicted octanol–water partition coefficient (Wildman–Crippen LogP) is 4.14. The molecule has 0 nitrogen and oxygen atoms in total. The van der Waals surface area contributed by atoms with Gasteiger partial charge in [0.15, 0.2) is 0 Å². The fourth-order valence-electron chi connectivity index (χ4n) is 1.21. The van der Waals surface area contributed by atoms with Gasteiger partial charge in [-0.05, 0) is 0 Å². The summed E-state index contributed by atoms with van der Waals surface area (Å²) in [5, 5.41) is 0. The summed E-state index contributed by atoms with van der Waals surface area (Å²) < 4.78 is 0. The predicted molar refractivity (Wildman–Crippen MR) is 48.3 cm³/mol. The Balaban J connectivity index is 0. The van der Waals surface area contributed by atoms with Gasteiger partial charge in [0.25, 0.3) is 0 Å². The van der Waals surface area contributed by atoms with Gasteiger partial charge < -0.3 is 0 Å². The Bertz CT molecular complexity index is 44.8. The van der Waals surface area contributed by atoms with Crippen molar-refractivity contribution in [1.82, 2.24) is 0 Å². The number of unbranched alkanes of at least 4 members (excludes halogenated alkanes) is 7. The van der Waals surface area contributed by atoms with Gasteiger partial charge in [0.05, 0.1) is 0 Å². The van der Waals surface area contributed by atoms with Gasteiger partial charge in [-0.15, -0.1) is 0 Å². The van der Waals surface area contributed by atoms with Crippen molar-refractivity contribution in [3.63, 3.8) is 0 Å². The van der Waals surface area contributed by atoms with Crippen molar-refractivity contribution < 1.29 is 21.7 Å². The fourth-order valence-corrected chi connectivity index (χ4v) is 1.21. The van der Waals surface area contributed by atoms with E-state index in [4.69, 9.17) is 0 Å². The molecule has 0 saturated heterocycles. The fraction of sp³-hybridized carbons (Fsp3) is 1.00. The molecule has 0 aliphatic rings. The molecule has 66 valence electrons. The molecule has 0 rings (SSSR count). The van der Waals surface area contributed by atoms with Crippen molar-refractivity contribution in [3.8, 4) is 0 Å². The molecule has 1 heteroatoms. The first-order valence-electron chi connectivity index (χ1n) is 4.91. The summed E-state index contributed by atoms with van der Waals surface area (Å²) in [7, 11) is 0. The molecule has 0 fully saturated rings. The molecule has 0 radical (unpaired) electrons. The summed E-state index contributed by atoms with van der Waals surface area (Å²) in [5.41, 5.74) is 0. The van der Waals surface area contributed by atoms with Gasteiger partial charge >= 0.3 is 0 Å². The third-order valence-electron chi connectivity index (χ3n) is 1.96. The molecule has 0 spiro atoms. The Kier molecular flexibility index (Phi) is 17.2. The third kappa shape index (κ3) is 13.7. The maximum absolute atomic E-state index is 2.27. The quantitative estimate of drug-likeness (QED) is 0.418. The molecule has 0 N–H and O–H groups in total. The van der Waals surface area contributed by atoms with Crippen molar-refractivity contribution in [2.75, 3.05) is 0 Å². The molecule has 0 saturated carbocycles. The molecule has 0 aromatic rings. The second kappa shape index (κ2) is 13.3. The van der Waals surface area contributed by atoms with Crippen LogP contribution in [0.3, 0.4) is 0 Å². The molecular formula is C10H22Ti. The second-order valence-corrected chi connectivity index (χ2v) is 3.12. The van der Waals surface area contributed by atoms with Gasteiger partial charge in [0.2, 0.25) is 0 Å². The average molecular weight is 190 g/mol. The third-order valence-corrected chi connectivity index (χ3v) is 1.96. The van der Waals surface area contributed by atoms with Crippen LogP contribution in [0.4, 0.5) is 0 Å². The summed E-state index contributed by atoms with van der Waals surface area (Å²) in [6.07, 6.45) is 11.5. The zero-order valence-corrected chi connectivity index (χ0v) is 9.72. The summed E-state index contributed by atoms with van der Waals surface area (Å²) in [6.45, 7) is 4.54. The van der Waals surface area contributed by atoms with E-state index in [1.807, 2.05) is 0 Å². The summed E-state index contributed by atoms with van der Waals surface area (Å²) in [4.78, 5) is 0. The van der Waals surface area contributed by atoms with Gasteiger partial charge in [-0.1, -0.05) is 65.2 Å². The van der Waals surface area contributed by atoms with Crippen LogP contribution in [-0.4, -0.2) is 0 Å². The molecule has 0 aromatic carbocycles. The molecule has 0 aliphatic heterocycles. The molecular weight excluding hydrogens is 168 g/mol. The molecule has 0 heterocycles. The number of hydrogen-bond donors (Lipinski definition) is 0. The van der Waals surface area contributed by atoms with Gasteiger partial charge in [-0.25, -0.2) is 0 Å². The van der Waals surface area contributed by atoms with Crippen LogP contribution < -0.4 is 0 Å². The summed E-state index contributed by atoms with van der Waals surface area (Å²) in [5.74, 6) is 0. The first-order valence-corrected chi connectivity index (χ1v) is 4.91. The van der Waals surface area contributed by atoms with Crippen LogP contribution in [-0.2, 0) is 21.7 Å². The maximum atomic E-state index is 2.27. The van der Waals surface area contributed by atoms with Crippen LogP contribution >= 0.6 is 0 Å². The second-order valence-electron chi connectivity index (χ2n) is 3.12. The zero-order valence-electron chi connectivity index (χ0n) is 8.16. The molecule has 0 aromatic heterocycles. The smallest absolute Gasteiger partial charge is 0 e. The Hall–Kier alpha value is 0.714. The minimum atomic E-state index is 0. The van der Waals surface area contributed by atoms with Crippen LogP contribution in [0.1, 0.15) is 65.2 Å². The Morgan fingerprint density at radius 3 is 1.09 bits per heavy atom. The van der Waals surface area contributed by atoms with Crippen LogP contribution in [0, 0.1) is 0 Å². The van der Waals surface area contributed by atoms with E-state index >= 15 is 0 Å². The van der Waals surface area contributed by atoms with E-state index in [0.29, 0.717) is 0 Å². The van der Waals surface area contributed by atoms with Crippen molar-refractivity contribution in [2.24, 2.45) is 0 Å². The molecule has 0 amide bonds. The minimum absolute atomic E-state index is 0. The van der Waals surface area contributed by atoms with Crippen molar-refractivity contribution in [3.05, 3.63) is 0 Å². The maximum Gasteiger partial charge on any atom is 0 e. The van der Waals surface area contributed by atoms with Gasteiger partial charge in [-0.2, -0.15) is 0 Å². The van der Waals surface area contributed by atoms with Crippen molar-refractivity contribution >= 4 is 0 Å². The van der Waals surface area contributed by atoms with E-state index < -0.39 is 0 Å². The first kappa shape index (κ1) is 14.3. The van der Waals surface area contributed by atoms with E-state index in [9.17, 15) is 0 Å². The van der Waals surface area contributed by atoms with Crippen molar-refractivity contribution in [1.29, 1.82) is 0 Å². The van der Waals surface area contributed by atoms with Crippen molar-refractivity contribution in [2.45, 2.75) is 65.2 Å². The average Bonchev–Trinajstić information content (AvgIpc) is 1.97. The van der Waals surface area contributed by atoms with E-state index in [0.717, 1.165) is 0 Å². The summed E-state index contributed by atoms with van der Waals surface area (Å²) >= 11 is 0. The van der Waals surface area contributed by atoms with Gasteiger partial charge in [-0.3, -0.25) is 0 Å². The molecule has 0 unspecified atom stereocenters. The Morgan fingerprint density at radius 2 is 0.818 bits per heavy atom. The minimum Gasteiger partial charge on any atom is -0.0654 e. The van der Waals surface area contributed by atoms with E-state index in [2.05, 4.69) is 13.8 Å². The topological polar surface area (TPSA) is 0 Å². The zero-order chi connectivity index (χ0) is 7.66. The molecule has 0 bridgehead atoms. The monoisotopic (exact) mass is 190 g/mol. The SMILES string of the molecule is CCCCCCCCCC.[Ti]. The Labute approximate surface area is 87.0 Å². The largest absolute Gasteiger partial charge is 0.0654 e. The normalized spacial score (nSPS) is 9.27. The first-order chi connectivity index (χ1) is 4.91. The standard InChI is InChI=1S/C10H22.Ti/c1-3-5-7-9-10-8-6-4-2;/h3-10H2,1-2H3;. The van der Waals surface area contributed by atoms with Crippen LogP contribution in [0.25, 0.3) is 0 Å². The van der Waals surface area contributed by atoms with E-state index in [1.54, 1.807) is 0 Å². The van der Waals surface area contributed by atoms with Crippen LogP contribution in [0.2, 0.25) is 0 Å². The van der Waals surface area contributed by atoms with Crippen LogP contribution in [0.5, 0.6) is 0 Å². The molecule has 11 heavy (non-hydrogen) atoms. The Morgan fingerprint density at radius 1 is 0.545 bits per heavy atom. The van der Waals surface area contributed by atoms with Crippen LogP contribution in [0.15, 0.2) is 0 Å². The van der Waals surface area contributed by atoms with E-state index in [-0.39, 0.29) is 21.7 Å². The molecule has 0 atom stereocenters. The number of rotatable bonds is 7. The molecule has 0 aliphatic carbocycles. The number of hydrogen-bond acceptors (Lipinski definition) is 0. The summed E-state index contributed by atoms with van der Waals surface area (Å²) in [6, 6.07) is 0.